The number of nitrogens with two attached hydrogens (primary N) is 1. The molecule has 1 unspecified atom stereocenters. The van der Waals surface area contributed by atoms with Gasteiger partial charge in [0.15, 0.2) is 0 Å². The summed E-state index contributed by atoms with van der Waals surface area (Å²) in [5.74, 6) is 5.78. The summed E-state index contributed by atoms with van der Waals surface area (Å²) in [5, 5.41) is 7.74. The summed E-state index contributed by atoms with van der Waals surface area (Å²) in [4.78, 5) is 0. The Morgan fingerprint density at radius 2 is 2.06 bits per heavy atom. The van der Waals surface area contributed by atoms with E-state index < -0.39 is 0 Å². The minimum absolute atomic E-state index is 0.0681. The molecule has 0 fully saturated rings. The van der Waals surface area contributed by atoms with Crippen molar-refractivity contribution >= 4 is 32.8 Å². The highest BCUT2D eigenvalue weighted by atomic mass is 32.1. The fraction of sp³-hybridized carbons (Fsp3) is 0.143. The van der Waals surface area contributed by atoms with E-state index in [9.17, 15) is 0 Å². The van der Waals surface area contributed by atoms with E-state index in [1.165, 1.54) is 26.8 Å². The van der Waals surface area contributed by atoms with Crippen LogP contribution in [0.15, 0.2) is 40.4 Å². The van der Waals surface area contributed by atoms with Gasteiger partial charge in [-0.2, -0.15) is 11.3 Å². The lowest BCUT2D eigenvalue weighted by Gasteiger charge is -2.17. The van der Waals surface area contributed by atoms with Crippen LogP contribution in [0.2, 0.25) is 0 Å². The van der Waals surface area contributed by atoms with Crippen LogP contribution in [0.5, 0.6) is 0 Å². The number of hydrogen-bond acceptors (Lipinski definition) is 4. The Labute approximate surface area is 114 Å². The summed E-state index contributed by atoms with van der Waals surface area (Å²) in [7, 11) is 0. The molecular weight excluding hydrogens is 260 g/mol. The van der Waals surface area contributed by atoms with Crippen molar-refractivity contribution < 1.29 is 0 Å². The topological polar surface area (TPSA) is 38.0 Å². The van der Waals surface area contributed by atoms with Crippen LogP contribution in [0.3, 0.4) is 0 Å². The Morgan fingerprint density at radius 3 is 2.78 bits per heavy atom. The second-order valence-electron chi connectivity index (χ2n) is 4.30. The van der Waals surface area contributed by atoms with Crippen LogP contribution in [0.4, 0.5) is 0 Å². The van der Waals surface area contributed by atoms with Gasteiger partial charge in [-0.05, 0) is 51.2 Å². The van der Waals surface area contributed by atoms with Gasteiger partial charge in [0.2, 0.25) is 0 Å². The Morgan fingerprint density at radius 1 is 1.17 bits per heavy atom. The minimum Gasteiger partial charge on any atom is -0.271 e. The average molecular weight is 274 g/mol. The van der Waals surface area contributed by atoms with Gasteiger partial charge in [-0.1, -0.05) is 18.2 Å². The predicted octanol–water partition coefficient (Wildman–Crippen LogP) is 3.82. The normalized spacial score (nSPS) is 13.0. The van der Waals surface area contributed by atoms with Gasteiger partial charge in [0, 0.05) is 4.70 Å². The SMILES string of the molecule is Cc1cscc1C(NN)c1cccc2ccsc12. The molecule has 2 nitrogen and oxygen atoms in total. The molecule has 92 valence electrons. The molecule has 2 heterocycles. The van der Waals surface area contributed by atoms with Crippen molar-refractivity contribution in [1.29, 1.82) is 0 Å². The molecular formula is C14H14N2S2. The number of fused-ring (bicyclic) bond motifs is 1. The molecule has 4 heteroatoms. The zero-order valence-corrected chi connectivity index (χ0v) is 11.6. The standard InChI is InChI=1S/C14H14N2S2/c1-9-7-17-8-12(9)13(16-15)11-4-2-3-10-5-6-18-14(10)11/h2-8,13,16H,15H2,1H3. The first-order valence-corrected chi connectivity index (χ1v) is 7.58. The third-order valence-corrected chi connectivity index (χ3v) is 5.05. The summed E-state index contributed by atoms with van der Waals surface area (Å²) in [6, 6.07) is 8.61. The summed E-state index contributed by atoms with van der Waals surface area (Å²) in [6.45, 7) is 2.13. The maximum absolute atomic E-state index is 5.78. The van der Waals surface area contributed by atoms with Crippen molar-refractivity contribution in [2.24, 2.45) is 5.84 Å². The van der Waals surface area contributed by atoms with E-state index >= 15 is 0 Å². The van der Waals surface area contributed by atoms with E-state index in [4.69, 9.17) is 5.84 Å². The molecule has 3 N–H and O–H groups in total. The third kappa shape index (κ3) is 1.87. The number of aryl methyl sites for hydroxylation is 1. The van der Waals surface area contributed by atoms with E-state index in [0.717, 1.165) is 0 Å². The lowest BCUT2D eigenvalue weighted by Crippen LogP contribution is -2.29. The highest BCUT2D eigenvalue weighted by molar-refractivity contribution is 7.17. The maximum Gasteiger partial charge on any atom is 0.0734 e. The number of hydrogen-bond donors (Lipinski definition) is 2. The minimum atomic E-state index is 0.0681. The van der Waals surface area contributed by atoms with Gasteiger partial charge in [0.1, 0.15) is 0 Å². The Hall–Kier alpha value is -1.20. The first kappa shape index (κ1) is 11.9. The van der Waals surface area contributed by atoms with Gasteiger partial charge >= 0.3 is 0 Å². The molecule has 1 atom stereocenters. The van der Waals surface area contributed by atoms with Crippen molar-refractivity contribution in [1.82, 2.24) is 5.43 Å². The molecule has 0 spiro atoms. The number of hydrazine groups is 1. The quantitative estimate of drug-likeness (QED) is 0.563. The highest BCUT2D eigenvalue weighted by Gasteiger charge is 2.18. The second kappa shape index (κ2) is 4.82. The largest absolute Gasteiger partial charge is 0.271 e. The zero-order valence-electron chi connectivity index (χ0n) is 10.0. The van der Waals surface area contributed by atoms with Crippen LogP contribution in [0.25, 0.3) is 10.1 Å². The van der Waals surface area contributed by atoms with Crippen molar-refractivity contribution in [3.05, 3.63) is 57.1 Å². The number of benzene rings is 1. The molecule has 0 aliphatic carbocycles. The summed E-state index contributed by atoms with van der Waals surface area (Å²) < 4.78 is 1.31. The van der Waals surface area contributed by atoms with Crippen LogP contribution in [-0.2, 0) is 0 Å². The second-order valence-corrected chi connectivity index (χ2v) is 5.96. The molecule has 18 heavy (non-hydrogen) atoms. The predicted molar refractivity (Wildman–Crippen MR) is 80.0 cm³/mol. The molecule has 0 aliphatic rings. The molecule has 0 saturated carbocycles. The maximum atomic E-state index is 5.78. The van der Waals surface area contributed by atoms with Crippen molar-refractivity contribution in [3.63, 3.8) is 0 Å². The van der Waals surface area contributed by atoms with E-state index in [-0.39, 0.29) is 6.04 Å². The lowest BCUT2D eigenvalue weighted by atomic mass is 9.98. The number of nitrogens with one attached hydrogen (secondary N) is 1. The van der Waals surface area contributed by atoms with Crippen molar-refractivity contribution in [3.8, 4) is 0 Å². The third-order valence-electron chi connectivity index (χ3n) is 3.19. The van der Waals surface area contributed by atoms with E-state index in [0.29, 0.717) is 0 Å². The molecule has 3 aromatic rings. The fourth-order valence-electron chi connectivity index (χ4n) is 2.26. The van der Waals surface area contributed by atoms with Gasteiger partial charge < -0.3 is 0 Å². The molecule has 1 aromatic carbocycles. The van der Waals surface area contributed by atoms with Crippen LogP contribution in [0, 0.1) is 6.92 Å². The molecule has 0 bridgehead atoms. The molecule has 3 rings (SSSR count). The van der Waals surface area contributed by atoms with Gasteiger partial charge in [-0.25, -0.2) is 5.43 Å². The monoisotopic (exact) mass is 274 g/mol. The molecule has 0 aliphatic heterocycles. The van der Waals surface area contributed by atoms with Crippen LogP contribution < -0.4 is 11.3 Å². The van der Waals surface area contributed by atoms with Crippen LogP contribution in [-0.4, -0.2) is 0 Å². The van der Waals surface area contributed by atoms with E-state index in [1.807, 2.05) is 0 Å². The van der Waals surface area contributed by atoms with Gasteiger partial charge in [-0.3, -0.25) is 5.84 Å². The summed E-state index contributed by atoms with van der Waals surface area (Å²) in [5.41, 5.74) is 6.77. The summed E-state index contributed by atoms with van der Waals surface area (Å²) in [6.07, 6.45) is 0. The molecule has 0 saturated heterocycles. The first-order valence-electron chi connectivity index (χ1n) is 5.76. The zero-order chi connectivity index (χ0) is 12.5. The van der Waals surface area contributed by atoms with Gasteiger partial charge in [-0.15, -0.1) is 11.3 Å². The highest BCUT2D eigenvalue weighted by Crippen LogP contribution is 2.34. The summed E-state index contributed by atoms with van der Waals surface area (Å²) >= 11 is 3.49. The number of rotatable bonds is 3. The fourth-order valence-corrected chi connectivity index (χ4v) is 4.08. The van der Waals surface area contributed by atoms with Crippen LogP contribution >= 0.6 is 22.7 Å². The van der Waals surface area contributed by atoms with Crippen molar-refractivity contribution in [2.75, 3.05) is 0 Å². The first-order chi connectivity index (χ1) is 8.81. The molecule has 0 radical (unpaired) electrons. The van der Waals surface area contributed by atoms with Crippen molar-refractivity contribution in [2.45, 2.75) is 13.0 Å². The van der Waals surface area contributed by atoms with E-state index in [2.05, 4.69) is 52.8 Å². The average Bonchev–Trinajstić information content (AvgIpc) is 3.00. The molecule has 2 aromatic heterocycles. The number of thiophene rings is 2. The Kier molecular flexibility index (Phi) is 3.18. The smallest absolute Gasteiger partial charge is 0.0734 e. The Balaban J connectivity index is 2.17. The lowest BCUT2D eigenvalue weighted by molar-refractivity contribution is 0.640. The van der Waals surface area contributed by atoms with Gasteiger partial charge in [0.05, 0.1) is 6.04 Å². The van der Waals surface area contributed by atoms with Crippen LogP contribution in [0.1, 0.15) is 22.7 Å². The van der Waals surface area contributed by atoms with E-state index in [1.54, 1.807) is 22.7 Å². The van der Waals surface area contributed by atoms with Gasteiger partial charge in [0.25, 0.3) is 0 Å². The molecule has 0 amide bonds. The Bertz CT molecular complexity index is 669.